The summed E-state index contributed by atoms with van der Waals surface area (Å²) in [6.07, 6.45) is 3.20. The summed E-state index contributed by atoms with van der Waals surface area (Å²) in [5.74, 6) is 4.15. The third kappa shape index (κ3) is 5.70. The summed E-state index contributed by atoms with van der Waals surface area (Å²) >= 11 is 0. The van der Waals surface area contributed by atoms with E-state index in [2.05, 4.69) is 60.3 Å². The highest BCUT2D eigenvalue weighted by atomic mass is 35.5. The van der Waals surface area contributed by atoms with Crippen molar-refractivity contribution in [1.29, 1.82) is 0 Å². The van der Waals surface area contributed by atoms with Crippen molar-refractivity contribution in [2.75, 3.05) is 48.5 Å². The van der Waals surface area contributed by atoms with Crippen molar-refractivity contribution in [2.45, 2.75) is 37.8 Å². The normalized spacial score (nSPS) is 19.0. The van der Waals surface area contributed by atoms with Crippen molar-refractivity contribution in [3.8, 4) is 46.0 Å². The minimum absolute atomic E-state index is 0. The number of methoxy groups -OCH3 is 3. The Morgan fingerprint density at radius 2 is 1.28 bits per heavy atom. The van der Waals surface area contributed by atoms with Gasteiger partial charge in [-0.2, -0.15) is 0 Å². The molecule has 0 aliphatic carbocycles. The molecule has 9 heteroatoms. The number of likely N-dealkylation sites (N-methyl/N-ethyl adjacent to an activating group) is 2. The van der Waals surface area contributed by atoms with Gasteiger partial charge >= 0.3 is 0 Å². The Labute approximate surface area is 276 Å². The molecule has 0 saturated carbocycles. The van der Waals surface area contributed by atoms with E-state index in [1.165, 1.54) is 11.1 Å². The Morgan fingerprint density at radius 3 is 2.00 bits per heavy atom. The second-order valence-corrected chi connectivity index (χ2v) is 12.3. The van der Waals surface area contributed by atoms with Crippen molar-refractivity contribution in [3.05, 3.63) is 94.0 Å². The Balaban J connectivity index is 0.00000372. The van der Waals surface area contributed by atoms with Gasteiger partial charge in [0, 0.05) is 30.7 Å². The summed E-state index contributed by atoms with van der Waals surface area (Å²) in [6.45, 7) is 1.80. The molecule has 242 valence electrons. The highest BCUT2D eigenvalue weighted by Crippen LogP contribution is 2.51. The summed E-state index contributed by atoms with van der Waals surface area (Å²) in [5.41, 5.74) is 6.77. The summed E-state index contributed by atoms with van der Waals surface area (Å²) in [4.78, 5) is 4.71. The predicted molar refractivity (Wildman–Crippen MR) is 180 cm³/mol. The number of ether oxygens (including phenoxy) is 5. The molecule has 0 radical (unpaired) electrons. The highest BCUT2D eigenvalue weighted by molar-refractivity contribution is 5.85. The topological polar surface area (TPSA) is 72.9 Å². The van der Waals surface area contributed by atoms with Crippen LogP contribution in [-0.4, -0.2) is 63.4 Å². The maximum absolute atomic E-state index is 11.6. The molecule has 46 heavy (non-hydrogen) atoms. The largest absolute Gasteiger partial charge is 0.502 e. The van der Waals surface area contributed by atoms with E-state index < -0.39 is 0 Å². The number of fused-ring (bicyclic) bond motifs is 2. The van der Waals surface area contributed by atoms with E-state index in [1.54, 1.807) is 21.3 Å². The van der Waals surface area contributed by atoms with Crippen LogP contribution in [0.2, 0.25) is 0 Å². The maximum atomic E-state index is 11.6. The van der Waals surface area contributed by atoms with Crippen LogP contribution in [0, 0.1) is 0 Å². The number of phenols is 1. The van der Waals surface area contributed by atoms with Gasteiger partial charge in [0.2, 0.25) is 5.75 Å². The van der Waals surface area contributed by atoms with Gasteiger partial charge in [-0.05, 0) is 110 Å². The highest BCUT2D eigenvalue weighted by Gasteiger charge is 2.34. The lowest BCUT2D eigenvalue weighted by molar-refractivity contribution is 0.220. The molecule has 0 unspecified atom stereocenters. The molecule has 4 aliphatic rings. The number of phenolic OH excluding ortho intramolecular Hbond substituents is 1. The second kappa shape index (κ2) is 12.9. The third-order valence-corrected chi connectivity index (χ3v) is 9.66. The number of benzene rings is 4. The van der Waals surface area contributed by atoms with Crippen molar-refractivity contribution in [3.63, 3.8) is 0 Å². The lowest BCUT2D eigenvalue weighted by atomic mass is 9.87. The molecule has 0 spiro atoms. The molecule has 8 rings (SSSR count). The zero-order valence-electron chi connectivity index (χ0n) is 27.0. The Bertz CT molecular complexity index is 1740. The van der Waals surface area contributed by atoms with E-state index in [0.717, 1.165) is 66.8 Å². The lowest BCUT2D eigenvalue weighted by Crippen LogP contribution is -2.34. The molecule has 4 aromatic rings. The first-order valence-corrected chi connectivity index (χ1v) is 15.5. The average Bonchev–Trinajstić information content (AvgIpc) is 3.05. The van der Waals surface area contributed by atoms with E-state index in [0.29, 0.717) is 34.5 Å². The van der Waals surface area contributed by atoms with Crippen LogP contribution in [0.1, 0.15) is 45.5 Å². The monoisotopic (exact) mass is 644 g/mol. The molecule has 2 atom stereocenters. The molecule has 0 amide bonds. The molecule has 0 aromatic heterocycles. The Morgan fingerprint density at radius 1 is 0.674 bits per heavy atom. The van der Waals surface area contributed by atoms with Crippen LogP contribution in [0.3, 0.4) is 0 Å². The zero-order chi connectivity index (χ0) is 31.2. The fourth-order valence-electron chi connectivity index (χ4n) is 7.10. The van der Waals surface area contributed by atoms with Gasteiger partial charge in [-0.3, -0.25) is 9.80 Å². The van der Waals surface area contributed by atoms with Crippen LogP contribution in [0.15, 0.2) is 60.7 Å². The molecular formula is C37H41ClN2O6. The van der Waals surface area contributed by atoms with Crippen molar-refractivity contribution < 1.29 is 28.8 Å². The van der Waals surface area contributed by atoms with Gasteiger partial charge in [0.05, 0.1) is 21.3 Å². The smallest absolute Gasteiger partial charge is 0.201 e. The Kier molecular flexibility index (Phi) is 8.97. The van der Waals surface area contributed by atoms with Gasteiger partial charge in [0.25, 0.3) is 0 Å². The van der Waals surface area contributed by atoms with E-state index in [-0.39, 0.29) is 30.2 Å². The molecule has 4 heterocycles. The second-order valence-electron chi connectivity index (χ2n) is 12.3. The van der Waals surface area contributed by atoms with Crippen molar-refractivity contribution >= 4 is 12.4 Å². The number of nitrogens with zero attached hydrogens (tertiary/aromatic N) is 2. The first kappa shape index (κ1) is 31.9. The van der Waals surface area contributed by atoms with Crippen molar-refractivity contribution in [2.24, 2.45) is 0 Å². The fraction of sp³-hybridized carbons (Fsp3) is 0.351. The summed E-state index contributed by atoms with van der Waals surface area (Å²) in [7, 11) is 9.21. The number of halogens is 1. The Hall–Kier alpha value is -4.11. The summed E-state index contributed by atoms with van der Waals surface area (Å²) in [5, 5.41) is 11.6. The molecule has 4 aliphatic heterocycles. The molecule has 0 saturated heterocycles. The van der Waals surface area contributed by atoms with Gasteiger partial charge in [0.1, 0.15) is 5.75 Å². The minimum Gasteiger partial charge on any atom is -0.502 e. The number of rotatable bonds is 3. The predicted octanol–water partition coefficient (Wildman–Crippen LogP) is 7.28. The zero-order valence-corrected chi connectivity index (χ0v) is 27.8. The first-order chi connectivity index (χ1) is 21.9. The molecular weight excluding hydrogens is 604 g/mol. The minimum atomic E-state index is -0.0366. The molecule has 4 aromatic carbocycles. The molecule has 8 nitrogen and oxygen atoms in total. The third-order valence-electron chi connectivity index (χ3n) is 9.66. The van der Waals surface area contributed by atoms with Gasteiger partial charge in [-0.1, -0.05) is 18.2 Å². The standard InChI is InChI=1S/C37H40N2O6.ClH/c1-38-14-12-24-19-31(42-4)33-21-27(24)28(38)17-23-8-11-30(41-3)32(18-23)44-26-9-6-22(7-10-26)16-29-35-25(13-15-39(29)2)20-34(43-5)36(40)37(35)45-33;/h6-11,18-21,28-29,40H,12-17H2,1-5H3;1H/t28-,29+;/m0./s1. The molecule has 6 bridgehead atoms. The fourth-order valence-corrected chi connectivity index (χ4v) is 7.10. The van der Waals surface area contributed by atoms with Crippen LogP contribution in [0.4, 0.5) is 0 Å². The van der Waals surface area contributed by atoms with Crippen LogP contribution in [0.5, 0.6) is 46.0 Å². The van der Waals surface area contributed by atoms with Gasteiger partial charge in [-0.15, -0.1) is 12.4 Å². The number of hydrogen-bond donors (Lipinski definition) is 1. The maximum Gasteiger partial charge on any atom is 0.201 e. The van der Waals surface area contributed by atoms with Crippen LogP contribution >= 0.6 is 12.4 Å². The van der Waals surface area contributed by atoms with Gasteiger partial charge < -0.3 is 28.8 Å². The van der Waals surface area contributed by atoms with E-state index in [1.807, 2.05) is 24.3 Å². The lowest BCUT2D eigenvalue weighted by Gasteiger charge is -2.37. The van der Waals surface area contributed by atoms with Crippen molar-refractivity contribution in [1.82, 2.24) is 9.80 Å². The van der Waals surface area contributed by atoms with E-state index in [9.17, 15) is 5.11 Å². The average molecular weight is 645 g/mol. The van der Waals surface area contributed by atoms with Crippen LogP contribution in [0.25, 0.3) is 0 Å². The molecule has 0 fully saturated rings. The van der Waals surface area contributed by atoms with E-state index >= 15 is 0 Å². The number of hydrogen-bond acceptors (Lipinski definition) is 8. The summed E-state index contributed by atoms with van der Waals surface area (Å²) in [6, 6.07) is 20.6. The van der Waals surface area contributed by atoms with Gasteiger partial charge in [0.15, 0.2) is 34.5 Å². The van der Waals surface area contributed by atoms with E-state index in [4.69, 9.17) is 23.7 Å². The SMILES string of the molecule is COc1ccc2cc1Oc1ccc(cc1)C[C@@H]1c3c(cc(OC)c(O)c3Oc3cc4c(cc3OC)CCN(C)[C@H]4C2)CCN1C.Cl. The van der Waals surface area contributed by atoms with Crippen LogP contribution in [-0.2, 0) is 25.7 Å². The van der Waals surface area contributed by atoms with Gasteiger partial charge in [-0.25, -0.2) is 0 Å². The number of aromatic hydroxyl groups is 1. The first-order valence-electron chi connectivity index (χ1n) is 15.5. The van der Waals surface area contributed by atoms with Crippen LogP contribution < -0.4 is 23.7 Å². The molecule has 1 N–H and O–H groups in total. The quantitative estimate of drug-likeness (QED) is 0.250. The summed E-state index contributed by atoms with van der Waals surface area (Å²) < 4.78 is 30.5.